The van der Waals surface area contributed by atoms with Crippen molar-refractivity contribution >= 4 is 24.0 Å². The molecule has 118 valence electrons. The van der Waals surface area contributed by atoms with Crippen LogP contribution in [0, 0.1) is 5.82 Å². The normalized spacial score (nSPS) is 16.1. The molecule has 1 fully saturated rings. The van der Waals surface area contributed by atoms with Crippen LogP contribution >= 0.6 is 12.4 Å². The van der Waals surface area contributed by atoms with Gasteiger partial charge in [0.2, 0.25) is 5.91 Å². The van der Waals surface area contributed by atoms with Crippen molar-refractivity contribution < 1.29 is 9.18 Å². The van der Waals surface area contributed by atoms with Crippen LogP contribution in [0.15, 0.2) is 30.9 Å². The third-order valence-corrected chi connectivity index (χ3v) is 3.82. The number of aromatic nitrogens is 3. The second kappa shape index (κ2) is 6.41. The highest BCUT2D eigenvalue weighted by Crippen LogP contribution is 2.28. The monoisotopic (exact) mass is 325 g/mol. The Morgan fingerprint density at radius 1 is 1.36 bits per heavy atom. The van der Waals surface area contributed by atoms with E-state index in [0.717, 1.165) is 12.8 Å². The SMILES string of the molecule is Cl.NC1(C(=O)Nc2ccc(-n3cncn3)c(F)c2)CCCC1. The number of hydrogen-bond acceptors (Lipinski definition) is 4. The first-order chi connectivity index (χ1) is 10.1. The van der Waals surface area contributed by atoms with Crippen molar-refractivity contribution in [3.63, 3.8) is 0 Å². The molecular weight excluding hydrogens is 309 g/mol. The van der Waals surface area contributed by atoms with Crippen molar-refractivity contribution in [3.05, 3.63) is 36.7 Å². The minimum Gasteiger partial charge on any atom is -0.324 e. The Hall–Kier alpha value is -1.99. The summed E-state index contributed by atoms with van der Waals surface area (Å²) >= 11 is 0. The van der Waals surface area contributed by atoms with Crippen molar-refractivity contribution in [2.75, 3.05) is 5.32 Å². The van der Waals surface area contributed by atoms with E-state index in [1.54, 1.807) is 6.07 Å². The molecule has 8 heteroatoms. The molecule has 0 unspecified atom stereocenters. The van der Waals surface area contributed by atoms with Crippen molar-refractivity contribution in [2.24, 2.45) is 5.73 Å². The Morgan fingerprint density at radius 3 is 2.68 bits per heavy atom. The summed E-state index contributed by atoms with van der Waals surface area (Å²) < 4.78 is 15.4. The van der Waals surface area contributed by atoms with Crippen LogP contribution in [0.1, 0.15) is 25.7 Å². The fourth-order valence-electron chi connectivity index (χ4n) is 2.59. The molecular formula is C14H17ClFN5O. The fraction of sp³-hybridized carbons (Fsp3) is 0.357. The molecule has 6 nitrogen and oxygen atoms in total. The number of hydrogen-bond donors (Lipinski definition) is 2. The number of amides is 1. The van der Waals surface area contributed by atoms with E-state index in [0.29, 0.717) is 18.5 Å². The van der Waals surface area contributed by atoms with E-state index in [-0.39, 0.29) is 24.0 Å². The summed E-state index contributed by atoms with van der Waals surface area (Å²) in [6.45, 7) is 0. The minimum atomic E-state index is -0.832. The van der Waals surface area contributed by atoms with Crippen LogP contribution in [-0.4, -0.2) is 26.2 Å². The lowest BCUT2D eigenvalue weighted by molar-refractivity contribution is -0.121. The van der Waals surface area contributed by atoms with E-state index in [9.17, 15) is 9.18 Å². The molecule has 0 spiro atoms. The largest absolute Gasteiger partial charge is 0.324 e. The number of halogens is 2. The zero-order valence-electron chi connectivity index (χ0n) is 11.8. The van der Waals surface area contributed by atoms with Gasteiger partial charge in [-0.15, -0.1) is 12.4 Å². The van der Waals surface area contributed by atoms with Crippen molar-refractivity contribution in [3.8, 4) is 5.69 Å². The topological polar surface area (TPSA) is 85.8 Å². The van der Waals surface area contributed by atoms with E-state index in [1.807, 2.05) is 0 Å². The molecule has 1 aromatic carbocycles. The van der Waals surface area contributed by atoms with Crippen molar-refractivity contribution in [1.29, 1.82) is 0 Å². The smallest absolute Gasteiger partial charge is 0.244 e. The molecule has 0 radical (unpaired) electrons. The van der Waals surface area contributed by atoms with E-state index >= 15 is 0 Å². The van der Waals surface area contributed by atoms with E-state index in [4.69, 9.17) is 5.73 Å². The molecule has 1 heterocycles. The van der Waals surface area contributed by atoms with Crippen molar-refractivity contribution in [2.45, 2.75) is 31.2 Å². The average molecular weight is 326 g/mol. The predicted molar refractivity (Wildman–Crippen MR) is 82.6 cm³/mol. The molecule has 22 heavy (non-hydrogen) atoms. The third-order valence-electron chi connectivity index (χ3n) is 3.82. The summed E-state index contributed by atoms with van der Waals surface area (Å²) in [5, 5.41) is 6.56. The van der Waals surface area contributed by atoms with Crippen LogP contribution in [0.2, 0.25) is 0 Å². The van der Waals surface area contributed by atoms with Gasteiger partial charge in [-0.2, -0.15) is 5.10 Å². The highest BCUT2D eigenvalue weighted by Gasteiger charge is 2.37. The van der Waals surface area contributed by atoms with Gasteiger partial charge < -0.3 is 11.1 Å². The molecule has 1 amide bonds. The van der Waals surface area contributed by atoms with Gasteiger partial charge in [0.15, 0.2) is 5.82 Å². The van der Waals surface area contributed by atoms with Gasteiger partial charge in [-0.05, 0) is 31.0 Å². The molecule has 2 aromatic rings. The maximum atomic E-state index is 14.1. The number of carbonyl (C=O) groups excluding carboxylic acids is 1. The Labute approximate surface area is 133 Å². The Balaban J connectivity index is 0.00000176. The minimum absolute atomic E-state index is 0. The Morgan fingerprint density at radius 2 is 2.09 bits per heavy atom. The van der Waals surface area contributed by atoms with E-state index < -0.39 is 11.4 Å². The number of benzene rings is 1. The van der Waals surface area contributed by atoms with Crippen molar-refractivity contribution in [1.82, 2.24) is 14.8 Å². The van der Waals surface area contributed by atoms with Gasteiger partial charge in [0, 0.05) is 5.69 Å². The zero-order valence-corrected chi connectivity index (χ0v) is 12.6. The molecule has 1 aliphatic rings. The average Bonchev–Trinajstić information content (AvgIpc) is 3.11. The summed E-state index contributed by atoms with van der Waals surface area (Å²) in [6.07, 6.45) is 5.96. The number of nitrogens with one attached hydrogen (secondary N) is 1. The quantitative estimate of drug-likeness (QED) is 0.904. The molecule has 1 saturated carbocycles. The lowest BCUT2D eigenvalue weighted by atomic mass is 9.98. The number of carbonyl (C=O) groups is 1. The Bertz CT molecular complexity index is 655. The van der Waals surface area contributed by atoms with Crippen LogP contribution < -0.4 is 11.1 Å². The van der Waals surface area contributed by atoms with Gasteiger partial charge >= 0.3 is 0 Å². The van der Waals surface area contributed by atoms with Crippen LogP contribution in [-0.2, 0) is 4.79 Å². The van der Waals surface area contributed by atoms with Crippen LogP contribution in [0.3, 0.4) is 0 Å². The highest BCUT2D eigenvalue weighted by atomic mass is 35.5. The van der Waals surface area contributed by atoms with E-state index in [2.05, 4.69) is 15.4 Å². The predicted octanol–water partition coefficient (Wildman–Crippen LogP) is 2.04. The summed E-state index contributed by atoms with van der Waals surface area (Å²) in [6, 6.07) is 4.42. The number of anilines is 1. The fourth-order valence-corrected chi connectivity index (χ4v) is 2.59. The van der Waals surface area contributed by atoms with Gasteiger partial charge in [0.25, 0.3) is 0 Å². The maximum absolute atomic E-state index is 14.1. The Kier molecular flexibility index (Phi) is 4.77. The van der Waals surface area contributed by atoms with Gasteiger partial charge in [0.05, 0.1) is 5.54 Å². The molecule has 1 aromatic heterocycles. The molecule has 0 aliphatic heterocycles. The molecule has 3 N–H and O–H groups in total. The summed E-state index contributed by atoms with van der Waals surface area (Å²) in [4.78, 5) is 15.9. The highest BCUT2D eigenvalue weighted by molar-refractivity contribution is 5.98. The first-order valence-electron chi connectivity index (χ1n) is 6.83. The maximum Gasteiger partial charge on any atom is 0.244 e. The first-order valence-corrected chi connectivity index (χ1v) is 6.83. The molecule has 0 bridgehead atoms. The van der Waals surface area contributed by atoms with Crippen LogP contribution in [0.25, 0.3) is 5.69 Å². The van der Waals surface area contributed by atoms with Gasteiger partial charge in [-0.1, -0.05) is 12.8 Å². The molecule has 0 saturated heterocycles. The van der Waals surface area contributed by atoms with Crippen LogP contribution in [0.5, 0.6) is 0 Å². The van der Waals surface area contributed by atoms with E-state index in [1.165, 1.54) is 29.5 Å². The number of nitrogens with two attached hydrogens (primary N) is 1. The summed E-state index contributed by atoms with van der Waals surface area (Å²) in [5.74, 6) is -0.747. The number of nitrogens with zero attached hydrogens (tertiary/aromatic N) is 3. The zero-order chi connectivity index (χ0) is 14.9. The number of rotatable bonds is 3. The molecule has 3 rings (SSSR count). The summed E-state index contributed by atoms with van der Waals surface area (Å²) in [7, 11) is 0. The van der Waals surface area contributed by atoms with Crippen LogP contribution in [0.4, 0.5) is 10.1 Å². The van der Waals surface area contributed by atoms with Gasteiger partial charge in [-0.3, -0.25) is 4.79 Å². The molecule has 1 aliphatic carbocycles. The summed E-state index contributed by atoms with van der Waals surface area (Å²) in [5.41, 5.74) is 5.89. The lowest BCUT2D eigenvalue weighted by Crippen LogP contribution is -2.48. The second-order valence-corrected chi connectivity index (χ2v) is 5.32. The van der Waals surface area contributed by atoms with Gasteiger partial charge in [-0.25, -0.2) is 14.1 Å². The third kappa shape index (κ3) is 3.10. The standard InChI is InChI=1S/C14H16FN5O.ClH/c15-11-7-10(3-4-12(11)20-9-17-8-18-20)19-13(21)14(16)5-1-2-6-14;/h3-4,7-9H,1-2,5-6,16H2,(H,19,21);1H. The lowest BCUT2D eigenvalue weighted by Gasteiger charge is -2.22. The van der Waals surface area contributed by atoms with Gasteiger partial charge in [0.1, 0.15) is 18.3 Å². The first kappa shape index (κ1) is 16.4. The molecule has 0 atom stereocenters. The second-order valence-electron chi connectivity index (χ2n) is 5.32.